The largest absolute Gasteiger partial charge is 0.381 e. The molecule has 20 heavy (non-hydrogen) atoms. The summed E-state index contributed by atoms with van der Waals surface area (Å²) in [5.41, 5.74) is 6.49. The minimum absolute atomic E-state index is 0. The Bertz CT molecular complexity index is 419. The molecule has 1 fully saturated rings. The molecule has 1 saturated heterocycles. The number of nitrogens with one attached hydrogen (secondary N) is 1. The standard InChI is InChI=1S/C15H22N2O2.ClH/c1-12(13-5-3-2-4-6-13)17-14(18)15(11-16)7-9-19-10-8-15;/h2-6,12H,7-11,16H2,1H3,(H,17,18);1H/t12-;/m1./s1. The Morgan fingerprint density at radius 1 is 1.35 bits per heavy atom. The summed E-state index contributed by atoms with van der Waals surface area (Å²) >= 11 is 0. The second kappa shape index (κ2) is 7.62. The first-order valence-corrected chi connectivity index (χ1v) is 6.82. The fourth-order valence-corrected chi connectivity index (χ4v) is 2.46. The van der Waals surface area contributed by atoms with Crippen molar-refractivity contribution in [2.24, 2.45) is 11.1 Å². The van der Waals surface area contributed by atoms with Crippen LogP contribution in [0.4, 0.5) is 0 Å². The molecule has 2 rings (SSSR count). The van der Waals surface area contributed by atoms with E-state index in [1.54, 1.807) is 0 Å². The van der Waals surface area contributed by atoms with Crippen molar-refractivity contribution in [1.82, 2.24) is 5.32 Å². The van der Waals surface area contributed by atoms with Crippen molar-refractivity contribution in [3.8, 4) is 0 Å². The van der Waals surface area contributed by atoms with Crippen LogP contribution in [0.15, 0.2) is 30.3 Å². The Kier molecular flexibility index (Phi) is 6.46. The zero-order valence-corrected chi connectivity index (χ0v) is 12.6. The lowest BCUT2D eigenvalue weighted by atomic mass is 9.79. The van der Waals surface area contributed by atoms with E-state index in [0.29, 0.717) is 32.6 Å². The lowest BCUT2D eigenvalue weighted by Crippen LogP contribution is -2.49. The van der Waals surface area contributed by atoms with Crippen molar-refractivity contribution in [3.05, 3.63) is 35.9 Å². The molecular formula is C15H23ClN2O2. The third-order valence-corrected chi connectivity index (χ3v) is 3.97. The first-order valence-electron chi connectivity index (χ1n) is 6.82. The van der Waals surface area contributed by atoms with Crippen LogP contribution in [0, 0.1) is 5.41 Å². The molecule has 0 saturated carbocycles. The van der Waals surface area contributed by atoms with Crippen molar-refractivity contribution in [1.29, 1.82) is 0 Å². The molecule has 1 atom stereocenters. The third kappa shape index (κ3) is 3.72. The topological polar surface area (TPSA) is 64.4 Å². The monoisotopic (exact) mass is 298 g/mol. The minimum atomic E-state index is -0.457. The van der Waals surface area contributed by atoms with Crippen LogP contribution >= 0.6 is 12.4 Å². The zero-order valence-electron chi connectivity index (χ0n) is 11.8. The molecule has 5 heteroatoms. The average molecular weight is 299 g/mol. The molecule has 1 heterocycles. The molecular weight excluding hydrogens is 276 g/mol. The van der Waals surface area contributed by atoms with Crippen LogP contribution in [-0.4, -0.2) is 25.7 Å². The predicted molar refractivity (Wildman–Crippen MR) is 81.8 cm³/mol. The normalized spacial score (nSPS) is 18.7. The summed E-state index contributed by atoms with van der Waals surface area (Å²) in [6, 6.07) is 9.96. The van der Waals surface area contributed by atoms with E-state index in [0.717, 1.165) is 5.56 Å². The summed E-state index contributed by atoms with van der Waals surface area (Å²) in [7, 11) is 0. The molecule has 4 nitrogen and oxygen atoms in total. The van der Waals surface area contributed by atoms with E-state index >= 15 is 0 Å². The average Bonchev–Trinajstić information content (AvgIpc) is 2.48. The van der Waals surface area contributed by atoms with Gasteiger partial charge in [-0.25, -0.2) is 0 Å². The number of rotatable bonds is 4. The Labute approximate surface area is 126 Å². The van der Waals surface area contributed by atoms with Crippen molar-refractivity contribution in [2.45, 2.75) is 25.8 Å². The number of hydrogen-bond donors (Lipinski definition) is 2. The van der Waals surface area contributed by atoms with Crippen molar-refractivity contribution in [3.63, 3.8) is 0 Å². The van der Waals surface area contributed by atoms with Gasteiger partial charge in [-0.15, -0.1) is 12.4 Å². The van der Waals surface area contributed by atoms with E-state index in [9.17, 15) is 4.79 Å². The quantitative estimate of drug-likeness (QED) is 0.894. The van der Waals surface area contributed by atoms with Crippen LogP contribution in [0.5, 0.6) is 0 Å². The summed E-state index contributed by atoms with van der Waals surface area (Å²) in [5.74, 6) is 0.0506. The van der Waals surface area contributed by atoms with Gasteiger partial charge >= 0.3 is 0 Å². The van der Waals surface area contributed by atoms with Crippen LogP contribution in [-0.2, 0) is 9.53 Å². The highest BCUT2D eigenvalue weighted by atomic mass is 35.5. The van der Waals surface area contributed by atoms with Crippen LogP contribution in [0.2, 0.25) is 0 Å². The lowest BCUT2D eigenvalue weighted by molar-refractivity contribution is -0.136. The molecule has 0 unspecified atom stereocenters. The third-order valence-electron chi connectivity index (χ3n) is 3.97. The highest BCUT2D eigenvalue weighted by Crippen LogP contribution is 2.30. The number of benzene rings is 1. The number of nitrogens with two attached hydrogens (primary N) is 1. The number of halogens is 1. The molecule has 3 N–H and O–H groups in total. The van der Waals surface area contributed by atoms with Crippen LogP contribution < -0.4 is 11.1 Å². The summed E-state index contributed by atoms with van der Waals surface area (Å²) in [4.78, 5) is 12.5. The van der Waals surface area contributed by atoms with E-state index in [1.807, 2.05) is 37.3 Å². The van der Waals surface area contributed by atoms with Crippen LogP contribution in [0.25, 0.3) is 0 Å². The van der Waals surface area contributed by atoms with Crippen LogP contribution in [0.1, 0.15) is 31.4 Å². The Morgan fingerprint density at radius 3 is 2.50 bits per heavy atom. The van der Waals surface area contributed by atoms with Gasteiger partial charge in [0.15, 0.2) is 0 Å². The molecule has 112 valence electrons. The van der Waals surface area contributed by atoms with Gasteiger partial charge in [-0.2, -0.15) is 0 Å². The molecule has 1 amide bonds. The number of carbonyl (C=O) groups excluding carboxylic acids is 1. The maximum Gasteiger partial charge on any atom is 0.228 e. The first-order chi connectivity index (χ1) is 9.18. The molecule has 1 aliphatic heterocycles. The Balaban J connectivity index is 0.00000200. The molecule has 1 aromatic carbocycles. The van der Waals surface area contributed by atoms with E-state index in [2.05, 4.69) is 5.32 Å². The van der Waals surface area contributed by atoms with Crippen molar-refractivity contribution in [2.75, 3.05) is 19.8 Å². The maximum atomic E-state index is 12.5. The van der Waals surface area contributed by atoms with Gasteiger partial charge in [-0.05, 0) is 25.3 Å². The van der Waals surface area contributed by atoms with Gasteiger partial charge in [0.1, 0.15) is 0 Å². The van der Waals surface area contributed by atoms with Crippen LogP contribution in [0.3, 0.4) is 0 Å². The molecule has 0 aliphatic carbocycles. The minimum Gasteiger partial charge on any atom is -0.381 e. The second-order valence-corrected chi connectivity index (χ2v) is 5.20. The molecule has 0 aromatic heterocycles. The fraction of sp³-hybridized carbons (Fsp3) is 0.533. The number of carbonyl (C=O) groups is 1. The Morgan fingerprint density at radius 2 is 1.95 bits per heavy atom. The summed E-state index contributed by atoms with van der Waals surface area (Å²) in [5, 5.41) is 3.08. The van der Waals surface area contributed by atoms with E-state index in [1.165, 1.54) is 0 Å². The van der Waals surface area contributed by atoms with Gasteiger partial charge in [0.05, 0.1) is 11.5 Å². The van der Waals surface area contributed by atoms with Gasteiger partial charge in [-0.3, -0.25) is 4.79 Å². The second-order valence-electron chi connectivity index (χ2n) is 5.20. The van der Waals surface area contributed by atoms with E-state index in [-0.39, 0.29) is 24.4 Å². The van der Waals surface area contributed by atoms with Crippen molar-refractivity contribution < 1.29 is 9.53 Å². The predicted octanol–water partition coefficient (Wildman–Crippen LogP) is 2.04. The summed E-state index contributed by atoms with van der Waals surface area (Å²) in [6.45, 7) is 3.61. The maximum absolute atomic E-state index is 12.5. The van der Waals surface area contributed by atoms with Gasteiger partial charge in [0, 0.05) is 19.8 Å². The number of hydrogen-bond acceptors (Lipinski definition) is 3. The summed E-state index contributed by atoms with van der Waals surface area (Å²) in [6.07, 6.45) is 1.41. The zero-order chi connectivity index (χ0) is 13.7. The molecule has 0 spiro atoms. The van der Waals surface area contributed by atoms with Gasteiger partial charge in [0.2, 0.25) is 5.91 Å². The van der Waals surface area contributed by atoms with E-state index in [4.69, 9.17) is 10.5 Å². The number of amides is 1. The molecule has 1 aliphatic rings. The molecule has 1 aromatic rings. The SMILES string of the molecule is C[C@@H](NC(=O)C1(CN)CCOCC1)c1ccccc1.Cl. The molecule has 0 radical (unpaired) electrons. The Hall–Kier alpha value is -1.10. The number of ether oxygens (including phenoxy) is 1. The van der Waals surface area contributed by atoms with Gasteiger partial charge < -0.3 is 15.8 Å². The summed E-state index contributed by atoms with van der Waals surface area (Å²) < 4.78 is 5.33. The fourth-order valence-electron chi connectivity index (χ4n) is 2.46. The van der Waals surface area contributed by atoms with Crippen molar-refractivity contribution >= 4 is 18.3 Å². The van der Waals surface area contributed by atoms with Gasteiger partial charge in [0.25, 0.3) is 0 Å². The van der Waals surface area contributed by atoms with Gasteiger partial charge in [-0.1, -0.05) is 30.3 Å². The first kappa shape index (κ1) is 17.0. The lowest BCUT2D eigenvalue weighted by Gasteiger charge is -2.35. The highest BCUT2D eigenvalue weighted by molar-refractivity contribution is 5.85. The highest BCUT2D eigenvalue weighted by Gasteiger charge is 2.39. The molecule has 0 bridgehead atoms. The van der Waals surface area contributed by atoms with E-state index < -0.39 is 5.41 Å². The smallest absolute Gasteiger partial charge is 0.228 e.